The Morgan fingerprint density at radius 1 is 1.31 bits per heavy atom. The van der Waals surface area contributed by atoms with E-state index in [1.807, 2.05) is 18.7 Å². The fourth-order valence-corrected chi connectivity index (χ4v) is 2.59. The van der Waals surface area contributed by atoms with Crippen LogP contribution in [-0.4, -0.2) is 64.3 Å². The van der Waals surface area contributed by atoms with Gasteiger partial charge < -0.3 is 34.8 Å². The lowest BCUT2D eigenvalue weighted by Gasteiger charge is -2.23. The first-order valence-electron chi connectivity index (χ1n) is 8.07. The van der Waals surface area contributed by atoms with Gasteiger partial charge in [-0.15, -0.1) is 0 Å². The van der Waals surface area contributed by atoms with Crippen LogP contribution in [0.4, 0.5) is 5.69 Å². The maximum Gasteiger partial charge on any atom is 0.378 e. The highest BCUT2D eigenvalue weighted by Gasteiger charge is 2.42. The quantitative estimate of drug-likeness (QED) is 0.506. The molecule has 0 saturated carbocycles. The Kier molecular flexibility index (Phi) is 6.06. The number of benzene rings is 1. The first kappa shape index (κ1) is 19.5. The molecule has 1 aromatic rings. The number of esters is 2. The summed E-state index contributed by atoms with van der Waals surface area (Å²) in [5.41, 5.74) is 0.236. The van der Waals surface area contributed by atoms with Crippen LogP contribution in [0.1, 0.15) is 24.2 Å². The van der Waals surface area contributed by atoms with Crippen molar-refractivity contribution >= 4 is 17.6 Å². The van der Waals surface area contributed by atoms with E-state index in [4.69, 9.17) is 9.84 Å². The smallest absolute Gasteiger partial charge is 0.378 e. The highest BCUT2D eigenvalue weighted by Crippen LogP contribution is 2.33. The summed E-state index contributed by atoms with van der Waals surface area (Å²) >= 11 is 0. The topological polar surface area (TPSA) is 137 Å². The van der Waals surface area contributed by atoms with Crippen molar-refractivity contribution in [2.24, 2.45) is 0 Å². The zero-order chi connectivity index (χ0) is 19.4. The van der Waals surface area contributed by atoms with Crippen molar-refractivity contribution in [1.29, 1.82) is 0 Å². The van der Waals surface area contributed by atoms with E-state index in [1.165, 1.54) is 6.07 Å². The maximum absolute atomic E-state index is 12.4. The van der Waals surface area contributed by atoms with Crippen molar-refractivity contribution in [2.45, 2.75) is 26.1 Å². The van der Waals surface area contributed by atoms with Gasteiger partial charge in [-0.1, -0.05) is 6.07 Å². The van der Waals surface area contributed by atoms with Crippen LogP contribution >= 0.6 is 0 Å². The standard InChI is InChI=1S/C17H21NO8/c1-3-18(4-2)10-7-5-6-9(12(10)21)16(23)26-15-13(22)17(24)25-14(15)11(20)8-19/h5-7,11,14,19-22H,3-4,8H2,1-2H3/t11-,14+/m0/s1. The number of ether oxygens (including phenoxy) is 2. The molecule has 1 aromatic carbocycles. The fraction of sp³-hybridized carbons (Fsp3) is 0.412. The van der Waals surface area contributed by atoms with E-state index in [0.717, 1.165) is 0 Å². The molecule has 0 bridgehead atoms. The second-order valence-corrected chi connectivity index (χ2v) is 5.52. The number of aromatic hydroxyl groups is 1. The lowest BCUT2D eigenvalue weighted by Crippen LogP contribution is -2.33. The Labute approximate surface area is 149 Å². The summed E-state index contributed by atoms with van der Waals surface area (Å²) in [5, 5.41) is 38.8. The van der Waals surface area contributed by atoms with Gasteiger partial charge in [0.2, 0.25) is 11.5 Å². The number of nitrogens with zero attached hydrogens (tertiary/aromatic N) is 1. The predicted octanol–water partition coefficient (Wildman–Crippen LogP) is 0.443. The Bertz CT molecular complexity index is 725. The number of carbonyl (C=O) groups is 2. The van der Waals surface area contributed by atoms with Gasteiger partial charge in [0.15, 0.2) is 11.9 Å². The largest absolute Gasteiger partial charge is 0.505 e. The van der Waals surface area contributed by atoms with E-state index in [2.05, 4.69) is 4.74 Å². The SMILES string of the molecule is CCN(CC)c1cccc(C(=O)OC2=C(O)C(=O)O[C@@H]2[C@@H](O)CO)c1O. The Morgan fingerprint density at radius 3 is 2.54 bits per heavy atom. The van der Waals surface area contributed by atoms with Crippen LogP contribution in [0.2, 0.25) is 0 Å². The number of phenols is 1. The molecule has 142 valence electrons. The van der Waals surface area contributed by atoms with Gasteiger partial charge in [-0.3, -0.25) is 0 Å². The molecule has 9 nitrogen and oxygen atoms in total. The molecule has 0 aliphatic carbocycles. The highest BCUT2D eigenvalue weighted by atomic mass is 16.6. The monoisotopic (exact) mass is 367 g/mol. The number of hydrogen-bond donors (Lipinski definition) is 4. The molecular weight excluding hydrogens is 346 g/mol. The molecule has 4 N–H and O–H groups in total. The third kappa shape index (κ3) is 3.58. The van der Waals surface area contributed by atoms with Crippen molar-refractivity contribution in [2.75, 3.05) is 24.6 Å². The summed E-state index contributed by atoms with van der Waals surface area (Å²) in [5.74, 6) is -4.15. The molecule has 1 aliphatic heterocycles. The second-order valence-electron chi connectivity index (χ2n) is 5.52. The average molecular weight is 367 g/mol. The number of anilines is 1. The van der Waals surface area contributed by atoms with Gasteiger partial charge in [0.1, 0.15) is 11.7 Å². The van der Waals surface area contributed by atoms with Gasteiger partial charge in [-0.05, 0) is 26.0 Å². The van der Waals surface area contributed by atoms with E-state index in [1.54, 1.807) is 12.1 Å². The molecule has 1 aliphatic rings. The second kappa shape index (κ2) is 8.07. The Hall–Kier alpha value is -2.78. The minimum Gasteiger partial charge on any atom is -0.505 e. The van der Waals surface area contributed by atoms with Gasteiger partial charge in [-0.2, -0.15) is 0 Å². The molecule has 9 heteroatoms. The van der Waals surface area contributed by atoms with Crippen LogP contribution in [0.5, 0.6) is 5.75 Å². The zero-order valence-electron chi connectivity index (χ0n) is 14.4. The number of para-hydroxylation sites is 1. The minimum absolute atomic E-state index is 0.189. The normalized spacial score (nSPS) is 17.8. The number of aliphatic hydroxyl groups is 3. The summed E-state index contributed by atoms with van der Waals surface area (Å²) in [6.45, 7) is 4.19. The molecule has 0 spiro atoms. The molecule has 2 atom stereocenters. The maximum atomic E-state index is 12.4. The number of aliphatic hydroxyl groups excluding tert-OH is 3. The lowest BCUT2D eigenvalue weighted by atomic mass is 10.1. The summed E-state index contributed by atoms with van der Waals surface area (Å²) in [6, 6.07) is 4.50. The highest BCUT2D eigenvalue weighted by molar-refractivity contribution is 5.96. The van der Waals surface area contributed by atoms with Gasteiger partial charge in [0.05, 0.1) is 12.3 Å². The number of phenolic OH excluding ortho intramolecular Hbond substituents is 1. The fourth-order valence-electron chi connectivity index (χ4n) is 2.59. The van der Waals surface area contributed by atoms with E-state index in [9.17, 15) is 24.9 Å². The van der Waals surface area contributed by atoms with Crippen LogP contribution < -0.4 is 4.90 Å². The Morgan fingerprint density at radius 2 is 1.96 bits per heavy atom. The molecular formula is C17H21NO8. The van der Waals surface area contributed by atoms with E-state index < -0.39 is 42.3 Å². The van der Waals surface area contributed by atoms with Crippen molar-refractivity contribution < 1.29 is 39.5 Å². The minimum atomic E-state index is -1.58. The molecule has 0 aromatic heterocycles. The summed E-state index contributed by atoms with van der Waals surface area (Å²) < 4.78 is 9.68. The number of rotatable bonds is 7. The van der Waals surface area contributed by atoms with Crippen molar-refractivity contribution in [3.63, 3.8) is 0 Å². The van der Waals surface area contributed by atoms with Gasteiger partial charge >= 0.3 is 11.9 Å². The number of hydrogen-bond acceptors (Lipinski definition) is 9. The molecule has 0 radical (unpaired) electrons. The number of carbonyl (C=O) groups excluding carboxylic acids is 2. The van der Waals surface area contributed by atoms with Gasteiger partial charge in [-0.25, -0.2) is 9.59 Å². The van der Waals surface area contributed by atoms with Crippen LogP contribution in [0.15, 0.2) is 29.7 Å². The lowest BCUT2D eigenvalue weighted by molar-refractivity contribution is -0.147. The third-order valence-electron chi connectivity index (χ3n) is 4.00. The van der Waals surface area contributed by atoms with Crippen LogP contribution in [0.3, 0.4) is 0 Å². The van der Waals surface area contributed by atoms with Gasteiger partial charge in [0, 0.05) is 13.1 Å². The summed E-state index contributed by atoms with van der Waals surface area (Å²) in [7, 11) is 0. The Balaban J connectivity index is 2.32. The van der Waals surface area contributed by atoms with Crippen LogP contribution in [0.25, 0.3) is 0 Å². The summed E-state index contributed by atoms with van der Waals surface area (Å²) in [4.78, 5) is 25.7. The van der Waals surface area contributed by atoms with Crippen LogP contribution in [-0.2, 0) is 14.3 Å². The van der Waals surface area contributed by atoms with E-state index in [0.29, 0.717) is 18.8 Å². The van der Waals surface area contributed by atoms with Crippen molar-refractivity contribution in [1.82, 2.24) is 0 Å². The van der Waals surface area contributed by atoms with Crippen molar-refractivity contribution in [3.8, 4) is 5.75 Å². The molecule has 1 heterocycles. The average Bonchev–Trinajstić information content (AvgIpc) is 2.91. The van der Waals surface area contributed by atoms with Gasteiger partial charge in [0.25, 0.3) is 0 Å². The van der Waals surface area contributed by atoms with E-state index >= 15 is 0 Å². The summed E-state index contributed by atoms with van der Waals surface area (Å²) in [6.07, 6.45) is -3.11. The van der Waals surface area contributed by atoms with E-state index in [-0.39, 0.29) is 11.3 Å². The molecule has 0 fully saturated rings. The number of cyclic esters (lactones) is 1. The molecule has 26 heavy (non-hydrogen) atoms. The first-order valence-corrected chi connectivity index (χ1v) is 8.07. The zero-order valence-corrected chi connectivity index (χ0v) is 14.4. The van der Waals surface area contributed by atoms with Crippen molar-refractivity contribution in [3.05, 3.63) is 35.3 Å². The molecule has 2 rings (SSSR count). The molecule has 0 amide bonds. The molecule has 0 unspecified atom stereocenters. The molecule has 0 saturated heterocycles. The van der Waals surface area contributed by atoms with Crippen LogP contribution in [0, 0.1) is 0 Å². The third-order valence-corrected chi connectivity index (χ3v) is 4.00. The predicted molar refractivity (Wildman–Crippen MR) is 89.7 cm³/mol. The first-order chi connectivity index (χ1) is 12.3.